The molecule has 0 unspecified atom stereocenters. The van der Waals surface area contributed by atoms with Crippen LogP contribution in [0.5, 0.6) is 0 Å². The lowest BCUT2D eigenvalue weighted by molar-refractivity contribution is -0.165. The summed E-state index contributed by atoms with van der Waals surface area (Å²) >= 11 is 0. The third-order valence-corrected chi connectivity index (χ3v) is 4.87. The fraction of sp³-hybridized carbons (Fsp3) is 0.941. The van der Waals surface area contributed by atoms with Crippen LogP contribution in [0, 0.1) is 5.92 Å². The summed E-state index contributed by atoms with van der Waals surface area (Å²) in [4.78, 5) is 11.5. The normalized spacial score (nSPS) is 30.5. The minimum Gasteiger partial charge on any atom is -0.459 e. The molecule has 1 saturated carbocycles. The summed E-state index contributed by atoms with van der Waals surface area (Å²) < 4.78 is 16.8. The third kappa shape index (κ3) is 5.26. The Hall–Kier alpha value is -0.610. The summed E-state index contributed by atoms with van der Waals surface area (Å²) in [5.74, 6) is 0.655. The highest BCUT2D eigenvalue weighted by Crippen LogP contribution is 2.40. The van der Waals surface area contributed by atoms with E-state index in [1.54, 1.807) is 0 Å². The molecule has 0 aromatic rings. The number of hydrogen-bond acceptors (Lipinski definition) is 4. The molecule has 0 radical (unpaired) electrons. The lowest BCUT2D eigenvalue weighted by Crippen LogP contribution is -2.39. The average Bonchev–Trinajstić information content (AvgIpc) is 2.97. The summed E-state index contributed by atoms with van der Waals surface area (Å²) in [5.41, 5.74) is -0.274. The molecule has 2 rings (SSSR count). The highest BCUT2D eigenvalue weighted by Gasteiger charge is 2.38. The Bertz CT molecular complexity index is 315. The fourth-order valence-corrected chi connectivity index (χ4v) is 3.65. The molecule has 0 amide bonds. The van der Waals surface area contributed by atoms with Gasteiger partial charge >= 0.3 is 5.97 Å². The standard InChI is InChI=1S/C17H30O4/c1-3-4-5-15-6-9-17(10-7-15,21-14(2)18)11-8-16-19-12-13-20-16/h15-16H,3-13H2,1-2H3. The predicted octanol–water partition coefficient (Wildman–Crippen LogP) is 3.82. The number of unbranched alkanes of at least 4 members (excludes halogenated alkanes) is 1. The van der Waals surface area contributed by atoms with Crippen molar-refractivity contribution in [3.63, 3.8) is 0 Å². The van der Waals surface area contributed by atoms with Gasteiger partial charge in [0.15, 0.2) is 6.29 Å². The van der Waals surface area contributed by atoms with Gasteiger partial charge < -0.3 is 14.2 Å². The minimum absolute atomic E-state index is 0.102. The molecule has 1 aliphatic carbocycles. The highest BCUT2D eigenvalue weighted by atomic mass is 16.7. The molecular formula is C17H30O4. The molecule has 1 saturated heterocycles. The predicted molar refractivity (Wildman–Crippen MR) is 80.9 cm³/mol. The zero-order chi connectivity index (χ0) is 15.1. The lowest BCUT2D eigenvalue weighted by atomic mass is 9.75. The van der Waals surface area contributed by atoms with E-state index in [2.05, 4.69) is 6.92 Å². The first-order valence-corrected chi connectivity index (χ1v) is 8.56. The molecule has 2 fully saturated rings. The maximum absolute atomic E-state index is 11.5. The molecule has 0 atom stereocenters. The van der Waals surface area contributed by atoms with Crippen LogP contribution < -0.4 is 0 Å². The number of hydrogen-bond donors (Lipinski definition) is 0. The maximum Gasteiger partial charge on any atom is 0.303 e. The van der Waals surface area contributed by atoms with E-state index in [-0.39, 0.29) is 17.9 Å². The smallest absolute Gasteiger partial charge is 0.303 e. The molecule has 1 heterocycles. The van der Waals surface area contributed by atoms with E-state index in [0.29, 0.717) is 13.2 Å². The Balaban J connectivity index is 1.84. The van der Waals surface area contributed by atoms with Crippen LogP contribution in [0.3, 0.4) is 0 Å². The van der Waals surface area contributed by atoms with Gasteiger partial charge in [0.2, 0.25) is 0 Å². The SMILES string of the molecule is CCCCC1CCC(CCC2OCCO2)(OC(C)=O)CC1. The largest absolute Gasteiger partial charge is 0.459 e. The maximum atomic E-state index is 11.5. The van der Waals surface area contributed by atoms with Gasteiger partial charge in [-0.3, -0.25) is 4.79 Å². The zero-order valence-corrected chi connectivity index (χ0v) is 13.6. The summed E-state index contributed by atoms with van der Waals surface area (Å²) in [6.07, 6.45) is 9.83. The van der Waals surface area contributed by atoms with Gasteiger partial charge in [0.25, 0.3) is 0 Å². The van der Waals surface area contributed by atoms with Crippen LogP contribution in [-0.2, 0) is 19.0 Å². The summed E-state index contributed by atoms with van der Waals surface area (Å²) in [6.45, 7) is 5.13. The first-order valence-electron chi connectivity index (χ1n) is 8.56. The van der Waals surface area contributed by atoms with Crippen LogP contribution in [0.15, 0.2) is 0 Å². The highest BCUT2D eigenvalue weighted by molar-refractivity contribution is 5.66. The van der Waals surface area contributed by atoms with Crippen molar-refractivity contribution in [1.29, 1.82) is 0 Å². The van der Waals surface area contributed by atoms with Crippen molar-refractivity contribution in [3.05, 3.63) is 0 Å². The first kappa shape index (κ1) is 16.8. The Kier molecular flexibility index (Phi) is 6.49. The number of rotatable bonds is 7. The van der Waals surface area contributed by atoms with Crippen LogP contribution in [0.4, 0.5) is 0 Å². The van der Waals surface area contributed by atoms with Crippen LogP contribution >= 0.6 is 0 Å². The molecule has 0 spiro atoms. The van der Waals surface area contributed by atoms with Crippen LogP contribution in [0.25, 0.3) is 0 Å². The van der Waals surface area contributed by atoms with Crippen molar-refractivity contribution in [2.75, 3.05) is 13.2 Å². The molecule has 1 aliphatic heterocycles. The summed E-state index contributed by atoms with van der Waals surface area (Å²) in [6, 6.07) is 0. The molecule has 122 valence electrons. The van der Waals surface area contributed by atoms with Gasteiger partial charge in [-0.1, -0.05) is 26.2 Å². The van der Waals surface area contributed by atoms with E-state index < -0.39 is 0 Å². The van der Waals surface area contributed by atoms with Crippen molar-refractivity contribution in [1.82, 2.24) is 0 Å². The Morgan fingerprint density at radius 1 is 1.19 bits per heavy atom. The van der Waals surface area contributed by atoms with Crippen molar-refractivity contribution < 1.29 is 19.0 Å². The molecule has 0 bridgehead atoms. The second-order valence-corrected chi connectivity index (χ2v) is 6.57. The number of ether oxygens (including phenoxy) is 3. The third-order valence-electron chi connectivity index (χ3n) is 4.87. The molecule has 0 aromatic heterocycles. The Morgan fingerprint density at radius 2 is 1.86 bits per heavy atom. The average molecular weight is 298 g/mol. The molecule has 4 nitrogen and oxygen atoms in total. The van der Waals surface area contributed by atoms with Crippen molar-refractivity contribution in [2.45, 2.75) is 83.5 Å². The summed E-state index contributed by atoms with van der Waals surface area (Å²) in [7, 11) is 0. The molecule has 4 heteroatoms. The Morgan fingerprint density at radius 3 is 2.43 bits per heavy atom. The minimum atomic E-state index is -0.274. The van der Waals surface area contributed by atoms with E-state index in [1.807, 2.05) is 0 Å². The van der Waals surface area contributed by atoms with E-state index in [1.165, 1.54) is 39.0 Å². The fourth-order valence-electron chi connectivity index (χ4n) is 3.65. The van der Waals surface area contributed by atoms with Gasteiger partial charge in [-0.25, -0.2) is 0 Å². The molecular weight excluding hydrogens is 268 g/mol. The Labute approximate surface area is 128 Å². The zero-order valence-electron chi connectivity index (χ0n) is 13.6. The van der Waals surface area contributed by atoms with Crippen LogP contribution in [0.2, 0.25) is 0 Å². The van der Waals surface area contributed by atoms with Gasteiger partial charge in [-0.2, -0.15) is 0 Å². The van der Waals surface area contributed by atoms with Crippen molar-refractivity contribution in [3.8, 4) is 0 Å². The van der Waals surface area contributed by atoms with Crippen molar-refractivity contribution in [2.24, 2.45) is 5.92 Å². The lowest BCUT2D eigenvalue weighted by Gasteiger charge is -2.40. The van der Waals surface area contributed by atoms with Crippen LogP contribution in [0.1, 0.15) is 71.6 Å². The number of carbonyl (C=O) groups excluding carboxylic acids is 1. The topological polar surface area (TPSA) is 44.8 Å². The molecule has 0 N–H and O–H groups in total. The van der Waals surface area contributed by atoms with Gasteiger partial charge in [-0.05, 0) is 38.0 Å². The second-order valence-electron chi connectivity index (χ2n) is 6.57. The van der Waals surface area contributed by atoms with E-state index >= 15 is 0 Å². The quantitative estimate of drug-likeness (QED) is 0.670. The summed E-state index contributed by atoms with van der Waals surface area (Å²) in [5, 5.41) is 0. The van der Waals surface area contributed by atoms with E-state index in [4.69, 9.17) is 14.2 Å². The first-order chi connectivity index (χ1) is 10.1. The van der Waals surface area contributed by atoms with Crippen LogP contribution in [-0.4, -0.2) is 31.1 Å². The molecule has 0 aromatic carbocycles. The monoisotopic (exact) mass is 298 g/mol. The van der Waals surface area contributed by atoms with E-state index in [9.17, 15) is 4.79 Å². The molecule has 21 heavy (non-hydrogen) atoms. The van der Waals surface area contributed by atoms with Gasteiger partial charge in [0.1, 0.15) is 5.60 Å². The second kappa shape index (κ2) is 8.14. The molecule has 2 aliphatic rings. The van der Waals surface area contributed by atoms with Gasteiger partial charge in [-0.15, -0.1) is 0 Å². The van der Waals surface area contributed by atoms with E-state index in [0.717, 1.165) is 31.6 Å². The van der Waals surface area contributed by atoms with Crippen molar-refractivity contribution >= 4 is 5.97 Å². The van der Waals surface area contributed by atoms with Gasteiger partial charge in [0, 0.05) is 13.3 Å². The number of esters is 1. The number of carbonyl (C=O) groups is 1. The van der Waals surface area contributed by atoms with Gasteiger partial charge in [0.05, 0.1) is 13.2 Å².